The number of H-pyrrole nitrogens is 1. The summed E-state index contributed by atoms with van der Waals surface area (Å²) < 4.78 is 13.5. The van der Waals surface area contributed by atoms with Gasteiger partial charge in [0.1, 0.15) is 11.5 Å². The molecule has 1 heterocycles. The number of fused-ring (bicyclic) bond motifs is 3. The second-order valence-corrected chi connectivity index (χ2v) is 6.87. The summed E-state index contributed by atoms with van der Waals surface area (Å²) in [7, 11) is 0. The van der Waals surface area contributed by atoms with Crippen molar-refractivity contribution in [3.63, 3.8) is 0 Å². The zero-order valence-corrected chi connectivity index (χ0v) is 14.4. The fourth-order valence-electron chi connectivity index (χ4n) is 3.47. The first-order chi connectivity index (χ1) is 11.9. The van der Waals surface area contributed by atoms with E-state index in [-0.39, 0.29) is 11.5 Å². The van der Waals surface area contributed by atoms with Gasteiger partial charge in [0.05, 0.1) is 5.69 Å². The number of halogens is 3. The lowest BCUT2D eigenvalue weighted by Crippen LogP contribution is -2.04. The van der Waals surface area contributed by atoms with Gasteiger partial charge in [0.2, 0.25) is 0 Å². The van der Waals surface area contributed by atoms with Gasteiger partial charge in [0, 0.05) is 21.2 Å². The van der Waals surface area contributed by atoms with Crippen LogP contribution in [-0.2, 0) is 12.8 Å². The van der Waals surface area contributed by atoms with Crippen molar-refractivity contribution in [3.05, 3.63) is 69.1 Å². The van der Waals surface area contributed by atoms with Gasteiger partial charge in [-0.2, -0.15) is 0 Å². The molecule has 0 bridgehead atoms. The van der Waals surface area contributed by atoms with Gasteiger partial charge in [0.15, 0.2) is 0 Å². The molecule has 0 amide bonds. The van der Waals surface area contributed by atoms with Gasteiger partial charge in [-0.25, -0.2) is 9.18 Å². The molecule has 0 radical (unpaired) electrons. The number of aromatic amines is 1. The number of rotatable bonds is 2. The van der Waals surface area contributed by atoms with Crippen LogP contribution in [-0.4, -0.2) is 16.1 Å². The minimum atomic E-state index is -1.07. The lowest BCUT2D eigenvalue weighted by Gasteiger charge is -2.17. The summed E-state index contributed by atoms with van der Waals surface area (Å²) in [6, 6.07) is 9.55. The molecule has 0 spiro atoms. The number of aromatic carboxylic acids is 1. The number of hydrogen-bond acceptors (Lipinski definition) is 1. The Morgan fingerprint density at radius 1 is 1.08 bits per heavy atom. The quantitative estimate of drug-likeness (QED) is 0.613. The van der Waals surface area contributed by atoms with Gasteiger partial charge in [-0.3, -0.25) is 0 Å². The Morgan fingerprint density at radius 2 is 1.80 bits per heavy atom. The third kappa shape index (κ3) is 2.71. The SMILES string of the molecule is O=C(O)c1[nH]c2c(c1-c1cc(Cl)cc(Cl)c1)CCc1cc(F)ccc1-2. The summed E-state index contributed by atoms with van der Waals surface area (Å²) in [5, 5.41) is 10.5. The van der Waals surface area contributed by atoms with E-state index < -0.39 is 5.97 Å². The Kier molecular flexibility index (Phi) is 3.82. The van der Waals surface area contributed by atoms with Crippen molar-refractivity contribution in [1.82, 2.24) is 4.98 Å². The maximum atomic E-state index is 13.5. The monoisotopic (exact) mass is 375 g/mol. The van der Waals surface area contributed by atoms with Crippen LogP contribution < -0.4 is 0 Å². The molecule has 3 aromatic rings. The second kappa shape index (κ2) is 5.90. The second-order valence-electron chi connectivity index (χ2n) is 5.99. The molecule has 0 atom stereocenters. The van der Waals surface area contributed by atoms with Crippen molar-refractivity contribution in [2.45, 2.75) is 12.8 Å². The third-order valence-corrected chi connectivity index (χ3v) is 4.89. The number of carboxylic acids is 1. The minimum absolute atomic E-state index is 0.0838. The van der Waals surface area contributed by atoms with Crippen molar-refractivity contribution in [3.8, 4) is 22.4 Å². The average molecular weight is 376 g/mol. The third-order valence-electron chi connectivity index (χ3n) is 4.45. The molecule has 0 unspecified atom stereocenters. The largest absolute Gasteiger partial charge is 0.477 e. The molecule has 1 aromatic heterocycles. The van der Waals surface area contributed by atoms with E-state index in [1.807, 2.05) is 0 Å². The van der Waals surface area contributed by atoms with Crippen molar-refractivity contribution >= 4 is 29.2 Å². The van der Waals surface area contributed by atoms with Crippen molar-refractivity contribution in [2.24, 2.45) is 0 Å². The first-order valence-electron chi connectivity index (χ1n) is 7.67. The van der Waals surface area contributed by atoms with Crippen LogP contribution in [0.1, 0.15) is 21.6 Å². The Hall–Kier alpha value is -2.30. The molecule has 0 aliphatic heterocycles. The predicted octanol–water partition coefficient (Wildman–Crippen LogP) is 5.59. The van der Waals surface area contributed by atoms with Crippen LogP contribution in [0.25, 0.3) is 22.4 Å². The molecule has 2 aromatic carbocycles. The van der Waals surface area contributed by atoms with Gasteiger partial charge in [-0.1, -0.05) is 23.2 Å². The summed E-state index contributed by atoms with van der Waals surface area (Å²) in [6.07, 6.45) is 1.24. The van der Waals surface area contributed by atoms with E-state index in [4.69, 9.17) is 23.2 Å². The van der Waals surface area contributed by atoms with Gasteiger partial charge >= 0.3 is 5.97 Å². The van der Waals surface area contributed by atoms with E-state index in [0.717, 1.165) is 16.7 Å². The van der Waals surface area contributed by atoms with E-state index in [1.165, 1.54) is 12.1 Å². The number of aryl methyl sites for hydroxylation is 1. The number of carboxylic acid groups (broad SMARTS) is 1. The molecule has 0 saturated carbocycles. The lowest BCUT2D eigenvalue weighted by atomic mass is 9.86. The van der Waals surface area contributed by atoms with Crippen molar-refractivity contribution in [2.75, 3.05) is 0 Å². The molecule has 0 fully saturated rings. The fraction of sp³-hybridized carbons (Fsp3) is 0.105. The van der Waals surface area contributed by atoms with Crippen LogP contribution in [0.2, 0.25) is 10.0 Å². The van der Waals surface area contributed by atoms with Crippen molar-refractivity contribution < 1.29 is 14.3 Å². The van der Waals surface area contributed by atoms with E-state index in [9.17, 15) is 14.3 Å². The highest BCUT2D eigenvalue weighted by Crippen LogP contribution is 2.42. The highest BCUT2D eigenvalue weighted by molar-refractivity contribution is 6.35. The molecule has 126 valence electrons. The first kappa shape index (κ1) is 16.2. The Morgan fingerprint density at radius 3 is 2.48 bits per heavy atom. The number of nitrogens with one attached hydrogen (secondary N) is 1. The van der Waals surface area contributed by atoms with Gasteiger partial charge < -0.3 is 10.1 Å². The first-order valence-corrected chi connectivity index (χ1v) is 8.43. The Bertz CT molecular complexity index is 1010. The van der Waals surface area contributed by atoms with E-state index in [1.54, 1.807) is 24.3 Å². The predicted molar refractivity (Wildman–Crippen MR) is 96.0 cm³/mol. The van der Waals surface area contributed by atoms with Crippen LogP contribution in [0.15, 0.2) is 36.4 Å². The number of aromatic nitrogens is 1. The van der Waals surface area contributed by atoms with E-state index >= 15 is 0 Å². The smallest absolute Gasteiger partial charge is 0.352 e. The Balaban J connectivity index is 2.00. The molecule has 1 aliphatic rings. The maximum Gasteiger partial charge on any atom is 0.352 e. The van der Waals surface area contributed by atoms with Crippen LogP contribution in [0.4, 0.5) is 4.39 Å². The molecule has 0 saturated heterocycles. The lowest BCUT2D eigenvalue weighted by molar-refractivity contribution is 0.0692. The normalized spacial score (nSPS) is 12.6. The highest BCUT2D eigenvalue weighted by Gasteiger charge is 2.28. The fourth-order valence-corrected chi connectivity index (χ4v) is 3.99. The number of benzene rings is 2. The molecule has 2 N–H and O–H groups in total. The molecule has 6 heteroatoms. The van der Waals surface area contributed by atoms with Gasteiger partial charge in [0.25, 0.3) is 0 Å². The number of hydrogen-bond donors (Lipinski definition) is 2. The molecular weight excluding hydrogens is 364 g/mol. The summed E-state index contributed by atoms with van der Waals surface area (Å²) in [5.41, 5.74) is 4.60. The summed E-state index contributed by atoms with van der Waals surface area (Å²) in [5.74, 6) is -1.36. The average Bonchev–Trinajstić information content (AvgIpc) is 2.93. The molecule has 3 nitrogen and oxygen atoms in total. The van der Waals surface area contributed by atoms with E-state index in [0.29, 0.717) is 39.7 Å². The zero-order valence-electron chi connectivity index (χ0n) is 12.9. The van der Waals surface area contributed by atoms with Crippen LogP contribution in [0.3, 0.4) is 0 Å². The summed E-state index contributed by atoms with van der Waals surface area (Å²) in [6.45, 7) is 0. The molecule has 4 rings (SSSR count). The highest BCUT2D eigenvalue weighted by atomic mass is 35.5. The topological polar surface area (TPSA) is 53.1 Å². The molecular formula is C19H12Cl2FNO2. The van der Waals surface area contributed by atoms with E-state index in [2.05, 4.69) is 4.98 Å². The molecule has 25 heavy (non-hydrogen) atoms. The molecule has 1 aliphatic carbocycles. The summed E-state index contributed by atoms with van der Waals surface area (Å²) in [4.78, 5) is 14.8. The Labute approximate surface area is 153 Å². The van der Waals surface area contributed by atoms with Crippen LogP contribution in [0.5, 0.6) is 0 Å². The van der Waals surface area contributed by atoms with Gasteiger partial charge in [-0.05, 0) is 65.9 Å². The van der Waals surface area contributed by atoms with Crippen LogP contribution >= 0.6 is 23.2 Å². The summed E-state index contributed by atoms with van der Waals surface area (Å²) >= 11 is 12.2. The minimum Gasteiger partial charge on any atom is -0.477 e. The number of carbonyl (C=O) groups is 1. The maximum absolute atomic E-state index is 13.5. The zero-order chi connectivity index (χ0) is 17.7. The van der Waals surface area contributed by atoms with Crippen LogP contribution in [0, 0.1) is 5.82 Å². The van der Waals surface area contributed by atoms with Crippen molar-refractivity contribution in [1.29, 1.82) is 0 Å². The van der Waals surface area contributed by atoms with Gasteiger partial charge in [-0.15, -0.1) is 0 Å². The standard InChI is InChI=1S/C19H12Cl2FNO2/c20-11-5-10(6-12(21)8-11)16-15-3-1-9-7-13(22)2-4-14(9)17(15)23-18(16)19(24)25/h2,4-8,23H,1,3H2,(H,24,25).